The maximum atomic E-state index is 13.6. The van der Waals surface area contributed by atoms with Gasteiger partial charge in [-0.1, -0.05) is 17.9 Å². The molecule has 2 fully saturated rings. The van der Waals surface area contributed by atoms with Crippen LogP contribution in [0.2, 0.25) is 0 Å². The van der Waals surface area contributed by atoms with Crippen LogP contribution in [0.4, 0.5) is 8.78 Å². The van der Waals surface area contributed by atoms with Crippen molar-refractivity contribution in [3.05, 3.63) is 34.9 Å². The van der Waals surface area contributed by atoms with Gasteiger partial charge < -0.3 is 10.5 Å². The topological polar surface area (TPSA) is 67.9 Å². The Kier molecular flexibility index (Phi) is 4.41. The van der Waals surface area contributed by atoms with Gasteiger partial charge in [-0.15, -0.1) is 0 Å². The lowest BCUT2D eigenvalue weighted by atomic mass is 9.61. The average Bonchev–Trinajstić information content (AvgIpc) is 3.47. The zero-order chi connectivity index (χ0) is 21.1. The predicted octanol–water partition coefficient (Wildman–Crippen LogP) is 3.15. The second-order valence-corrected chi connectivity index (χ2v) is 9.01. The number of benzene rings is 1. The van der Waals surface area contributed by atoms with Crippen molar-refractivity contribution in [2.75, 3.05) is 7.05 Å². The number of halogens is 2. The van der Waals surface area contributed by atoms with Crippen molar-refractivity contribution in [1.29, 1.82) is 0 Å². The van der Waals surface area contributed by atoms with Gasteiger partial charge in [-0.3, -0.25) is 9.69 Å². The van der Waals surface area contributed by atoms with Gasteiger partial charge in [0.1, 0.15) is 0 Å². The number of amides is 1. The van der Waals surface area contributed by atoms with E-state index in [-0.39, 0.29) is 11.9 Å². The Bertz CT molecular complexity index is 984. The van der Waals surface area contributed by atoms with Gasteiger partial charge in [-0.05, 0) is 68.2 Å². The highest BCUT2D eigenvalue weighted by atomic mass is 19.3. The van der Waals surface area contributed by atoms with Crippen molar-refractivity contribution in [2.24, 2.45) is 22.1 Å². The number of carbonyl (C=O) groups excluding carboxylic acids is 1. The Morgan fingerprint density at radius 2 is 2.00 bits per heavy atom. The van der Waals surface area contributed by atoms with Crippen molar-refractivity contribution in [3.8, 4) is 11.8 Å². The quantitative estimate of drug-likeness (QED) is 0.758. The maximum absolute atomic E-state index is 13.6. The summed E-state index contributed by atoms with van der Waals surface area (Å²) in [5, 5.41) is 0. The van der Waals surface area contributed by atoms with Crippen molar-refractivity contribution in [2.45, 2.75) is 63.2 Å². The molecule has 3 aliphatic carbocycles. The molecular formula is C23H25F2N3O2. The van der Waals surface area contributed by atoms with Crippen LogP contribution >= 0.6 is 0 Å². The van der Waals surface area contributed by atoms with Crippen LogP contribution in [0, 0.1) is 23.2 Å². The van der Waals surface area contributed by atoms with Crippen LogP contribution in [0.1, 0.15) is 55.2 Å². The second kappa shape index (κ2) is 6.78. The molecule has 0 saturated heterocycles. The normalized spacial score (nSPS) is 32.5. The summed E-state index contributed by atoms with van der Waals surface area (Å²) in [5.74, 6) is 7.06. The summed E-state index contributed by atoms with van der Waals surface area (Å²) in [6, 6.07) is 6.04. The SMILES string of the molecule is CN1C(=O)[C@@]2(N=C1N)c1cc(C#CC3CC3)ccc1CC21CCC(OC(F)F)CC1. The van der Waals surface area contributed by atoms with E-state index in [2.05, 4.69) is 11.8 Å². The van der Waals surface area contributed by atoms with Crippen LogP contribution in [-0.2, 0) is 21.5 Å². The summed E-state index contributed by atoms with van der Waals surface area (Å²) in [6.45, 7) is -2.78. The fourth-order valence-electron chi connectivity index (χ4n) is 5.46. The van der Waals surface area contributed by atoms with E-state index in [1.165, 1.54) is 4.90 Å². The first-order chi connectivity index (χ1) is 14.3. The molecule has 1 heterocycles. The molecule has 1 aromatic rings. The van der Waals surface area contributed by atoms with E-state index in [1.54, 1.807) is 7.05 Å². The number of aliphatic imine (C=N–C) groups is 1. The molecule has 1 amide bonds. The minimum Gasteiger partial charge on any atom is -0.369 e. The Labute approximate surface area is 174 Å². The molecule has 1 aliphatic heterocycles. The lowest BCUT2D eigenvalue weighted by molar-refractivity contribution is -0.178. The molecule has 2 saturated carbocycles. The van der Waals surface area contributed by atoms with E-state index in [4.69, 9.17) is 15.5 Å². The molecule has 4 aliphatic rings. The number of likely N-dealkylation sites (N-methyl/N-ethyl adjacent to an activating group) is 1. The van der Waals surface area contributed by atoms with Gasteiger partial charge in [0.05, 0.1) is 6.10 Å². The van der Waals surface area contributed by atoms with Crippen LogP contribution in [0.25, 0.3) is 0 Å². The molecule has 158 valence electrons. The third-order valence-corrected chi connectivity index (χ3v) is 7.22. The van der Waals surface area contributed by atoms with E-state index in [9.17, 15) is 13.6 Å². The lowest BCUT2D eigenvalue weighted by Gasteiger charge is -2.45. The summed E-state index contributed by atoms with van der Waals surface area (Å²) in [5.41, 5.74) is 7.35. The minimum absolute atomic E-state index is 0.140. The zero-order valence-corrected chi connectivity index (χ0v) is 17.0. The smallest absolute Gasteiger partial charge is 0.345 e. The Morgan fingerprint density at radius 1 is 1.27 bits per heavy atom. The molecule has 0 radical (unpaired) electrons. The van der Waals surface area contributed by atoms with E-state index in [0.29, 0.717) is 38.0 Å². The number of rotatable bonds is 2. The second-order valence-electron chi connectivity index (χ2n) is 9.01. The van der Waals surface area contributed by atoms with Crippen LogP contribution < -0.4 is 5.73 Å². The van der Waals surface area contributed by atoms with Gasteiger partial charge in [0.25, 0.3) is 5.91 Å². The summed E-state index contributed by atoms with van der Waals surface area (Å²) < 4.78 is 30.2. The van der Waals surface area contributed by atoms with Gasteiger partial charge in [-0.2, -0.15) is 8.78 Å². The van der Waals surface area contributed by atoms with Gasteiger partial charge in [0, 0.05) is 23.9 Å². The number of hydrogen-bond acceptors (Lipinski definition) is 4. The number of guanidine groups is 1. The monoisotopic (exact) mass is 413 g/mol. The Morgan fingerprint density at radius 3 is 2.60 bits per heavy atom. The van der Waals surface area contributed by atoms with Crippen molar-refractivity contribution < 1.29 is 18.3 Å². The standard InChI is InChI=1S/C23H25F2N3O2/c1-28-19(29)23(27-21(28)26)18-12-15(5-4-14-2-3-14)6-7-16(18)13-22(23)10-8-17(9-11-22)30-20(24)25/h6-7,12,14,17,20H,2-3,8-11,13H2,1H3,(H2,26,27)/t17?,22?,23-/m0/s1. The lowest BCUT2D eigenvalue weighted by Crippen LogP contribution is -2.51. The van der Waals surface area contributed by atoms with Gasteiger partial charge in [-0.25, -0.2) is 4.99 Å². The third kappa shape index (κ3) is 2.84. The highest BCUT2D eigenvalue weighted by Crippen LogP contribution is 2.61. The summed E-state index contributed by atoms with van der Waals surface area (Å²) in [7, 11) is 1.64. The predicted molar refractivity (Wildman–Crippen MR) is 108 cm³/mol. The van der Waals surface area contributed by atoms with Crippen molar-refractivity contribution >= 4 is 11.9 Å². The summed E-state index contributed by atoms with van der Waals surface area (Å²) in [6.07, 6.45) is 4.59. The summed E-state index contributed by atoms with van der Waals surface area (Å²) >= 11 is 0. The number of nitrogens with two attached hydrogens (primary N) is 1. The number of ether oxygens (including phenoxy) is 1. The van der Waals surface area contributed by atoms with Crippen LogP contribution in [-0.4, -0.2) is 36.5 Å². The number of hydrogen-bond donors (Lipinski definition) is 1. The molecule has 0 aromatic heterocycles. The molecule has 30 heavy (non-hydrogen) atoms. The van der Waals surface area contributed by atoms with Crippen molar-refractivity contribution in [1.82, 2.24) is 4.90 Å². The first kappa shape index (κ1) is 19.5. The highest BCUT2D eigenvalue weighted by Gasteiger charge is 2.66. The first-order valence-corrected chi connectivity index (χ1v) is 10.6. The van der Waals surface area contributed by atoms with Crippen molar-refractivity contribution in [3.63, 3.8) is 0 Å². The van der Waals surface area contributed by atoms with E-state index >= 15 is 0 Å². The minimum atomic E-state index is -2.78. The van der Waals surface area contributed by atoms with E-state index in [0.717, 1.165) is 29.5 Å². The molecule has 2 spiro atoms. The molecule has 7 heteroatoms. The fourth-order valence-corrected chi connectivity index (χ4v) is 5.46. The van der Waals surface area contributed by atoms with Crippen LogP contribution in [0.15, 0.2) is 23.2 Å². The number of nitrogens with zero attached hydrogens (tertiary/aromatic N) is 2. The molecular weight excluding hydrogens is 388 g/mol. The van der Waals surface area contributed by atoms with Gasteiger partial charge in [0.15, 0.2) is 11.5 Å². The molecule has 5 rings (SSSR count). The molecule has 0 bridgehead atoms. The van der Waals surface area contributed by atoms with E-state index in [1.807, 2.05) is 18.2 Å². The molecule has 2 N–H and O–H groups in total. The number of fused-ring (bicyclic) bond motifs is 3. The van der Waals surface area contributed by atoms with E-state index < -0.39 is 23.7 Å². The maximum Gasteiger partial charge on any atom is 0.345 e. The molecule has 5 nitrogen and oxygen atoms in total. The zero-order valence-electron chi connectivity index (χ0n) is 17.0. The first-order valence-electron chi connectivity index (χ1n) is 10.6. The number of alkyl halides is 2. The largest absolute Gasteiger partial charge is 0.369 e. The van der Waals surface area contributed by atoms with Gasteiger partial charge in [0.2, 0.25) is 0 Å². The Balaban J connectivity index is 1.56. The highest BCUT2D eigenvalue weighted by molar-refractivity contribution is 6.08. The fraction of sp³-hybridized carbons (Fsp3) is 0.565. The average molecular weight is 413 g/mol. The third-order valence-electron chi connectivity index (χ3n) is 7.22. The van der Waals surface area contributed by atoms with Crippen LogP contribution in [0.5, 0.6) is 0 Å². The van der Waals surface area contributed by atoms with Gasteiger partial charge >= 0.3 is 6.61 Å². The molecule has 1 aromatic carbocycles. The summed E-state index contributed by atoms with van der Waals surface area (Å²) in [4.78, 5) is 19.8. The molecule has 0 unspecified atom stereocenters. The van der Waals surface area contributed by atoms with Crippen LogP contribution in [0.3, 0.4) is 0 Å². The Hall–Kier alpha value is -2.46. The molecule has 1 atom stereocenters. The number of carbonyl (C=O) groups is 1.